The fraction of sp³-hybridized carbons (Fsp3) is 0.0455. The van der Waals surface area contributed by atoms with Gasteiger partial charge in [0.15, 0.2) is 0 Å². The lowest BCUT2D eigenvalue weighted by Gasteiger charge is -2.08. The molecular formula is C22H15Br2N3O2. The van der Waals surface area contributed by atoms with Crippen LogP contribution in [0.2, 0.25) is 0 Å². The van der Waals surface area contributed by atoms with E-state index in [2.05, 4.69) is 31.9 Å². The third-order valence-corrected chi connectivity index (χ3v) is 5.72. The van der Waals surface area contributed by atoms with Crippen molar-refractivity contribution < 1.29 is 4.92 Å². The zero-order valence-corrected chi connectivity index (χ0v) is 18.5. The summed E-state index contributed by atoms with van der Waals surface area (Å²) in [5.74, 6) is 0.746. The zero-order valence-electron chi connectivity index (χ0n) is 15.3. The van der Waals surface area contributed by atoms with Gasteiger partial charge in [-0.25, -0.2) is 4.98 Å². The van der Waals surface area contributed by atoms with Crippen LogP contribution < -0.4 is 0 Å². The first-order valence-corrected chi connectivity index (χ1v) is 10.4. The molecule has 5 nitrogen and oxygen atoms in total. The van der Waals surface area contributed by atoms with E-state index in [0.29, 0.717) is 0 Å². The van der Waals surface area contributed by atoms with Gasteiger partial charge in [-0.05, 0) is 36.4 Å². The lowest BCUT2D eigenvalue weighted by Crippen LogP contribution is -1.96. The molecule has 0 atom stereocenters. The Hall–Kier alpha value is -2.77. The number of hydrogen-bond acceptors (Lipinski definition) is 3. The molecule has 1 aromatic heterocycles. The van der Waals surface area contributed by atoms with E-state index in [9.17, 15) is 10.1 Å². The molecule has 0 amide bonds. The van der Waals surface area contributed by atoms with Crippen molar-refractivity contribution in [2.45, 2.75) is 0 Å². The predicted molar refractivity (Wildman–Crippen MR) is 122 cm³/mol. The second-order valence-corrected chi connectivity index (χ2v) is 8.34. The average molecular weight is 513 g/mol. The fourth-order valence-corrected chi connectivity index (χ4v) is 3.76. The number of hydrogen-bond donors (Lipinski definition) is 0. The van der Waals surface area contributed by atoms with Crippen LogP contribution in [-0.2, 0) is 7.05 Å². The molecule has 0 saturated heterocycles. The predicted octanol–water partition coefficient (Wildman–Crippen LogP) is 6.85. The Kier molecular flexibility index (Phi) is 5.34. The molecule has 144 valence electrons. The number of benzene rings is 3. The molecule has 0 bridgehead atoms. The SMILES string of the molecule is Cn1c(-c2ccc([N+](=O)[O-])cc2)nc(-c2ccc(Br)cc2)c1-c1ccc(Br)cc1. The molecular weight excluding hydrogens is 498 g/mol. The van der Waals surface area contributed by atoms with Crippen molar-refractivity contribution in [2.24, 2.45) is 7.05 Å². The van der Waals surface area contributed by atoms with E-state index >= 15 is 0 Å². The Bertz CT molecular complexity index is 1180. The first-order chi connectivity index (χ1) is 13.9. The monoisotopic (exact) mass is 511 g/mol. The first-order valence-electron chi connectivity index (χ1n) is 8.77. The molecule has 4 aromatic rings. The van der Waals surface area contributed by atoms with Gasteiger partial charge in [-0.3, -0.25) is 10.1 Å². The number of nitrogens with zero attached hydrogens (tertiary/aromatic N) is 3. The van der Waals surface area contributed by atoms with Crippen LogP contribution in [0.15, 0.2) is 81.7 Å². The Balaban J connectivity index is 1.91. The number of nitro benzene ring substituents is 1. The standard InChI is InChI=1S/C22H15Br2N3O2/c1-26-21(15-4-10-18(24)11-5-15)20(14-2-8-17(23)9-3-14)25-22(26)16-6-12-19(13-7-16)27(28)29/h2-13H,1H3. The van der Waals surface area contributed by atoms with E-state index < -0.39 is 4.92 Å². The van der Waals surface area contributed by atoms with Crippen molar-refractivity contribution >= 4 is 37.5 Å². The van der Waals surface area contributed by atoms with E-state index in [4.69, 9.17) is 4.98 Å². The van der Waals surface area contributed by atoms with Gasteiger partial charge in [0.2, 0.25) is 0 Å². The summed E-state index contributed by atoms with van der Waals surface area (Å²) in [5, 5.41) is 11.0. The van der Waals surface area contributed by atoms with Gasteiger partial charge in [0, 0.05) is 44.8 Å². The van der Waals surface area contributed by atoms with Gasteiger partial charge < -0.3 is 4.57 Å². The Morgan fingerprint density at radius 1 is 0.793 bits per heavy atom. The van der Waals surface area contributed by atoms with Gasteiger partial charge >= 0.3 is 0 Å². The maximum absolute atomic E-state index is 11.0. The molecule has 7 heteroatoms. The number of aromatic nitrogens is 2. The summed E-state index contributed by atoms with van der Waals surface area (Å²) in [7, 11) is 1.96. The highest BCUT2D eigenvalue weighted by atomic mass is 79.9. The van der Waals surface area contributed by atoms with Crippen LogP contribution in [0.3, 0.4) is 0 Å². The summed E-state index contributed by atoms with van der Waals surface area (Å²) in [6, 6.07) is 22.6. The van der Waals surface area contributed by atoms with E-state index in [1.807, 2.05) is 60.1 Å². The van der Waals surface area contributed by atoms with Gasteiger partial charge in [-0.1, -0.05) is 56.1 Å². The number of nitro groups is 1. The van der Waals surface area contributed by atoms with Crippen molar-refractivity contribution in [3.8, 4) is 33.9 Å². The molecule has 1 heterocycles. The quantitative estimate of drug-likeness (QED) is 0.222. The minimum absolute atomic E-state index is 0.0595. The van der Waals surface area contributed by atoms with Crippen molar-refractivity contribution in [1.29, 1.82) is 0 Å². The molecule has 0 N–H and O–H groups in total. The molecule has 29 heavy (non-hydrogen) atoms. The molecule has 0 aliphatic carbocycles. The van der Waals surface area contributed by atoms with E-state index in [-0.39, 0.29) is 5.69 Å². The fourth-order valence-electron chi connectivity index (χ4n) is 3.24. The molecule has 0 saturated carbocycles. The summed E-state index contributed by atoms with van der Waals surface area (Å²) in [4.78, 5) is 15.5. The smallest absolute Gasteiger partial charge is 0.269 e. The summed E-state index contributed by atoms with van der Waals surface area (Å²) in [5.41, 5.74) is 4.75. The van der Waals surface area contributed by atoms with Crippen molar-refractivity contribution in [2.75, 3.05) is 0 Å². The van der Waals surface area contributed by atoms with E-state index in [1.165, 1.54) is 12.1 Å². The molecule has 4 rings (SSSR count). The van der Waals surface area contributed by atoms with Crippen molar-refractivity contribution in [1.82, 2.24) is 9.55 Å². The second-order valence-electron chi connectivity index (χ2n) is 6.51. The molecule has 0 fully saturated rings. The minimum atomic E-state index is -0.400. The molecule has 0 aliphatic rings. The highest BCUT2D eigenvalue weighted by Crippen LogP contribution is 2.36. The number of imidazole rings is 1. The topological polar surface area (TPSA) is 61.0 Å². The maximum Gasteiger partial charge on any atom is 0.269 e. The highest BCUT2D eigenvalue weighted by molar-refractivity contribution is 9.10. The van der Waals surface area contributed by atoms with Crippen LogP contribution in [0.25, 0.3) is 33.9 Å². The summed E-state index contributed by atoms with van der Waals surface area (Å²) < 4.78 is 4.03. The van der Waals surface area contributed by atoms with Gasteiger partial charge in [0.25, 0.3) is 5.69 Å². The van der Waals surface area contributed by atoms with Gasteiger partial charge in [-0.15, -0.1) is 0 Å². The largest absolute Gasteiger partial charge is 0.327 e. The summed E-state index contributed by atoms with van der Waals surface area (Å²) >= 11 is 6.96. The number of halogens is 2. The summed E-state index contributed by atoms with van der Waals surface area (Å²) in [6.07, 6.45) is 0. The third kappa shape index (κ3) is 3.88. The van der Waals surface area contributed by atoms with Crippen LogP contribution in [0.5, 0.6) is 0 Å². The normalized spacial score (nSPS) is 10.9. The lowest BCUT2D eigenvalue weighted by molar-refractivity contribution is -0.384. The van der Waals surface area contributed by atoms with E-state index in [1.54, 1.807) is 12.1 Å². The van der Waals surface area contributed by atoms with Crippen LogP contribution in [0.4, 0.5) is 5.69 Å². The van der Waals surface area contributed by atoms with Crippen molar-refractivity contribution in [3.05, 3.63) is 91.9 Å². The van der Waals surface area contributed by atoms with Gasteiger partial charge in [0.05, 0.1) is 16.3 Å². The zero-order chi connectivity index (χ0) is 20.5. The average Bonchev–Trinajstić information content (AvgIpc) is 3.06. The molecule has 0 unspecified atom stereocenters. The van der Waals surface area contributed by atoms with Crippen LogP contribution >= 0.6 is 31.9 Å². The molecule has 0 radical (unpaired) electrons. The summed E-state index contributed by atoms with van der Waals surface area (Å²) in [6.45, 7) is 0. The molecule has 0 aliphatic heterocycles. The number of rotatable bonds is 4. The minimum Gasteiger partial charge on any atom is -0.327 e. The molecule has 3 aromatic carbocycles. The Morgan fingerprint density at radius 2 is 1.28 bits per heavy atom. The van der Waals surface area contributed by atoms with Gasteiger partial charge in [0.1, 0.15) is 5.82 Å². The maximum atomic E-state index is 11.0. The van der Waals surface area contributed by atoms with E-state index in [0.717, 1.165) is 42.8 Å². The second kappa shape index (κ2) is 7.93. The Morgan fingerprint density at radius 3 is 1.79 bits per heavy atom. The first kappa shape index (κ1) is 19.5. The molecule has 0 spiro atoms. The number of non-ortho nitro benzene ring substituents is 1. The van der Waals surface area contributed by atoms with Crippen LogP contribution in [-0.4, -0.2) is 14.5 Å². The van der Waals surface area contributed by atoms with Crippen LogP contribution in [0.1, 0.15) is 0 Å². The van der Waals surface area contributed by atoms with Gasteiger partial charge in [-0.2, -0.15) is 0 Å². The third-order valence-electron chi connectivity index (χ3n) is 4.67. The van der Waals surface area contributed by atoms with Crippen molar-refractivity contribution in [3.63, 3.8) is 0 Å². The Labute approximate surface area is 184 Å². The van der Waals surface area contributed by atoms with Crippen LogP contribution in [0, 0.1) is 10.1 Å². The lowest BCUT2D eigenvalue weighted by atomic mass is 10.0. The highest BCUT2D eigenvalue weighted by Gasteiger charge is 2.19.